The van der Waals surface area contributed by atoms with Gasteiger partial charge in [0.15, 0.2) is 0 Å². The number of urea groups is 1. The van der Waals surface area contributed by atoms with Crippen LogP contribution < -0.4 is 5.32 Å². The maximum atomic E-state index is 12.5. The molecule has 23 heavy (non-hydrogen) atoms. The van der Waals surface area contributed by atoms with Gasteiger partial charge in [-0.05, 0) is 38.7 Å². The fourth-order valence-electron chi connectivity index (χ4n) is 1.90. The molecule has 1 heterocycles. The maximum Gasteiger partial charge on any atom is 0.324 e. The van der Waals surface area contributed by atoms with Gasteiger partial charge in [0.05, 0.1) is 0 Å². The van der Waals surface area contributed by atoms with Gasteiger partial charge in [-0.25, -0.2) is 4.79 Å². The standard InChI is InChI=1S/C15H20BrN5OS/c1-11-18-19-14(23-11)17-15(22)21(9-8-20(2)3)10-12-4-6-13(16)7-5-12/h4-7H,8-10H2,1-3H3,(H,17,19,22). The predicted molar refractivity (Wildman–Crippen MR) is 96.8 cm³/mol. The molecule has 0 fully saturated rings. The third-order valence-corrected chi connectivity index (χ3v) is 4.41. The fraction of sp³-hybridized carbons (Fsp3) is 0.400. The average molecular weight is 398 g/mol. The number of anilines is 1. The van der Waals surface area contributed by atoms with Crippen LogP contribution in [0, 0.1) is 6.92 Å². The quantitative estimate of drug-likeness (QED) is 0.812. The number of carbonyl (C=O) groups is 1. The Hall–Kier alpha value is -1.51. The van der Waals surface area contributed by atoms with Crippen LogP contribution in [0.2, 0.25) is 0 Å². The lowest BCUT2D eigenvalue weighted by atomic mass is 10.2. The van der Waals surface area contributed by atoms with Gasteiger partial charge in [-0.2, -0.15) is 0 Å². The molecule has 1 N–H and O–H groups in total. The average Bonchev–Trinajstić information content (AvgIpc) is 2.90. The normalized spacial score (nSPS) is 10.8. The molecular formula is C15H20BrN5OS. The number of hydrogen-bond acceptors (Lipinski definition) is 5. The highest BCUT2D eigenvalue weighted by Gasteiger charge is 2.16. The van der Waals surface area contributed by atoms with E-state index >= 15 is 0 Å². The third kappa shape index (κ3) is 5.89. The first-order valence-electron chi connectivity index (χ1n) is 7.19. The Bertz CT molecular complexity index is 644. The summed E-state index contributed by atoms with van der Waals surface area (Å²) in [6.45, 7) is 3.83. The summed E-state index contributed by atoms with van der Waals surface area (Å²) in [5.74, 6) is 0. The molecule has 2 aromatic rings. The van der Waals surface area contributed by atoms with Crippen LogP contribution in [0.3, 0.4) is 0 Å². The molecule has 2 amide bonds. The van der Waals surface area contributed by atoms with E-state index in [9.17, 15) is 4.79 Å². The number of benzene rings is 1. The minimum atomic E-state index is -0.161. The molecule has 2 rings (SSSR count). The van der Waals surface area contributed by atoms with Crippen molar-refractivity contribution in [1.82, 2.24) is 20.0 Å². The van der Waals surface area contributed by atoms with Crippen molar-refractivity contribution in [2.45, 2.75) is 13.5 Å². The third-order valence-electron chi connectivity index (χ3n) is 3.13. The molecule has 1 aromatic carbocycles. The molecule has 0 saturated heterocycles. The van der Waals surface area contributed by atoms with Crippen LogP contribution in [0.15, 0.2) is 28.7 Å². The van der Waals surface area contributed by atoms with Crippen molar-refractivity contribution in [3.05, 3.63) is 39.3 Å². The largest absolute Gasteiger partial charge is 0.324 e. The number of rotatable bonds is 6. The molecule has 8 heteroatoms. The highest BCUT2D eigenvalue weighted by atomic mass is 79.9. The number of carbonyl (C=O) groups excluding carboxylic acids is 1. The molecule has 0 atom stereocenters. The van der Waals surface area contributed by atoms with Gasteiger partial charge in [0.25, 0.3) is 0 Å². The monoisotopic (exact) mass is 397 g/mol. The topological polar surface area (TPSA) is 61.4 Å². The summed E-state index contributed by atoms with van der Waals surface area (Å²) < 4.78 is 1.02. The first-order valence-corrected chi connectivity index (χ1v) is 8.80. The summed E-state index contributed by atoms with van der Waals surface area (Å²) in [5.41, 5.74) is 1.08. The molecule has 1 aromatic heterocycles. The second-order valence-corrected chi connectivity index (χ2v) is 7.51. The Morgan fingerprint density at radius 2 is 1.91 bits per heavy atom. The fourth-order valence-corrected chi connectivity index (χ4v) is 2.75. The Morgan fingerprint density at radius 3 is 2.48 bits per heavy atom. The smallest absolute Gasteiger partial charge is 0.319 e. The van der Waals surface area contributed by atoms with E-state index in [-0.39, 0.29) is 6.03 Å². The SMILES string of the molecule is Cc1nnc(NC(=O)N(CCN(C)C)Cc2ccc(Br)cc2)s1. The van der Waals surface area contributed by atoms with Crippen molar-refractivity contribution in [1.29, 1.82) is 0 Å². The van der Waals surface area contributed by atoms with Gasteiger partial charge in [0.1, 0.15) is 5.01 Å². The summed E-state index contributed by atoms with van der Waals surface area (Å²) in [6.07, 6.45) is 0. The second kappa shape index (κ2) is 8.37. The first kappa shape index (κ1) is 17.8. The van der Waals surface area contributed by atoms with Crippen LogP contribution in [0.25, 0.3) is 0 Å². The number of aromatic nitrogens is 2. The van der Waals surface area contributed by atoms with Crippen molar-refractivity contribution in [2.75, 3.05) is 32.5 Å². The van der Waals surface area contributed by atoms with E-state index < -0.39 is 0 Å². The van der Waals surface area contributed by atoms with E-state index in [1.54, 1.807) is 4.90 Å². The van der Waals surface area contributed by atoms with E-state index in [2.05, 4.69) is 36.3 Å². The number of halogens is 1. The highest BCUT2D eigenvalue weighted by molar-refractivity contribution is 9.10. The Kier molecular flexibility index (Phi) is 6.49. The van der Waals surface area contributed by atoms with Crippen molar-refractivity contribution in [3.8, 4) is 0 Å². The maximum absolute atomic E-state index is 12.5. The molecule has 124 valence electrons. The van der Waals surface area contributed by atoms with Crippen LogP contribution in [0.4, 0.5) is 9.93 Å². The lowest BCUT2D eigenvalue weighted by Gasteiger charge is -2.24. The van der Waals surface area contributed by atoms with Gasteiger partial charge >= 0.3 is 6.03 Å². The van der Waals surface area contributed by atoms with Crippen LogP contribution in [-0.2, 0) is 6.54 Å². The Morgan fingerprint density at radius 1 is 1.22 bits per heavy atom. The zero-order valence-electron chi connectivity index (χ0n) is 13.4. The van der Waals surface area contributed by atoms with Gasteiger partial charge in [-0.1, -0.05) is 39.4 Å². The van der Waals surface area contributed by atoms with Crippen LogP contribution in [0.5, 0.6) is 0 Å². The number of hydrogen-bond donors (Lipinski definition) is 1. The molecule has 0 radical (unpaired) electrons. The minimum absolute atomic E-state index is 0.161. The van der Waals surface area contributed by atoms with Crippen molar-refractivity contribution < 1.29 is 4.79 Å². The number of nitrogens with zero attached hydrogens (tertiary/aromatic N) is 4. The van der Waals surface area contributed by atoms with Crippen LogP contribution in [0.1, 0.15) is 10.6 Å². The van der Waals surface area contributed by atoms with Gasteiger partial charge in [-0.15, -0.1) is 10.2 Å². The van der Waals surface area contributed by atoms with Gasteiger partial charge in [0.2, 0.25) is 5.13 Å². The number of likely N-dealkylation sites (N-methyl/N-ethyl adjacent to an activating group) is 1. The molecule has 0 saturated carbocycles. The number of nitrogens with one attached hydrogen (secondary N) is 1. The summed E-state index contributed by atoms with van der Waals surface area (Å²) in [4.78, 5) is 16.4. The van der Waals surface area contributed by atoms with Crippen molar-refractivity contribution in [2.24, 2.45) is 0 Å². The molecule has 6 nitrogen and oxygen atoms in total. The zero-order valence-corrected chi connectivity index (χ0v) is 15.8. The number of amides is 2. The van der Waals surface area contributed by atoms with E-state index in [1.165, 1.54) is 11.3 Å². The summed E-state index contributed by atoms with van der Waals surface area (Å²) in [6, 6.07) is 7.81. The first-order chi connectivity index (χ1) is 10.9. The van der Waals surface area contributed by atoms with Gasteiger partial charge < -0.3 is 9.80 Å². The lowest BCUT2D eigenvalue weighted by molar-refractivity contribution is 0.202. The Labute approximate surface area is 148 Å². The van der Waals surface area contributed by atoms with Gasteiger partial charge in [0, 0.05) is 24.1 Å². The van der Waals surface area contributed by atoms with Crippen molar-refractivity contribution >= 4 is 38.4 Å². The molecule has 0 aliphatic rings. The molecule has 0 aliphatic carbocycles. The van der Waals surface area contributed by atoms with E-state index in [0.29, 0.717) is 18.2 Å². The number of aryl methyl sites for hydroxylation is 1. The molecule has 0 aliphatic heterocycles. The van der Waals surface area contributed by atoms with Crippen LogP contribution >= 0.6 is 27.3 Å². The van der Waals surface area contributed by atoms with E-state index in [0.717, 1.165) is 21.6 Å². The van der Waals surface area contributed by atoms with Crippen LogP contribution in [-0.4, -0.2) is 53.2 Å². The van der Waals surface area contributed by atoms with E-state index in [1.807, 2.05) is 45.3 Å². The zero-order chi connectivity index (χ0) is 16.8. The summed E-state index contributed by atoms with van der Waals surface area (Å²) in [7, 11) is 3.98. The second-order valence-electron chi connectivity index (χ2n) is 5.41. The highest BCUT2D eigenvalue weighted by Crippen LogP contribution is 2.16. The Balaban J connectivity index is 2.05. The van der Waals surface area contributed by atoms with E-state index in [4.69, 9.17) is 0 Å². The molecule has 0 unspecified atom stereocenters. The minimum Gasteiger partial charge on any atom is -0.319 e. The molecular weight excluding hydrogens is 378 g/mol. The summed E-state index contributed by atoms with van der Waals surface area (Å²) >= 11 is 4.79. The molecule has 0 spiro atoms. The molecule has 0 bridgehead atoms. The lowest BCUT2D eigenvalue weighted by Crippen LogP contribution is -2.39. The predicted octanol–water partition coefficient (Wildman–Crippen LogP) is 3.20. The van der Waals surface area contributed by atoms with Crippen molar-refractivity contribution in [3.63, 3.8) is 0 Å². The summed E-state index contributed by atoms with van der Waals surface area (Å²) in [5, 5.41) is 12.0. The van der Waals surface area contributed by atoms with Gasteiger partial charge in [-0.3, -0.25) is 5.32 Å².